The van der Waals surface area contributed by atoms with E-state index in [1.165, 1.54) is 49.7 Å². The van der Waals surface area contributed by atoms with E-state index in [0.29, 0.717) is 19.8 Å². The van der Waals surface area contributed by atoms with E-state index in [0.717, 1.165) is 12.8 Å². The molecule has 7 heteroatoms. The van der Waals surface area contributed by atoms with Gasteiger partial charge in [-0.1, -0.05) is 63.3 Å². The van der Waals surface area contributed by atoms with E-state index in [-0.39, 0.29) is 41.9 Å². The molecule has 0 radical (unpaired) electrons. The molecular weight excluding hydrogens is 375 g/mol. The van der Waals surface area contributed by atoms with Gasteiger partial charge >= 0.3 is 29.6 Å². The molecule has 1 N–H and O–H groups in total. The summed E-state index contributed by atoms with van der Waals surface area (Å²) in [4.78, 5) is 0. The van der Waals surface area contributed by atoms with Crippen molar-refractivity contribution in [3.8, 4) is 0 Å². The Kier molecular flexibility index (Phi) is 17.0. The van der Waals surface area contributed by atoms with Gasteiger partial charge < -0.3 is 9.47 Å². The van der Waals surface area contributed by atoms with Crippen LogP contribution < -0.4 is 0 Å². The summed E-state index contributed by atoms with van der Waals surface area (Å²) in [7, 11) is -3.94. The zero-order chi connectivity index (χ0) is 19.1. The number of aryl methyl sites for hydroxylation is 1. The fourth-order valence-corrected chi connectivity index (χ4v) is 2.99. The van der Waals surface area contributed by atoms with Crippen LogP contribution in [0.25, 0.3) is 0 Å². The minimum absolute atomic E-state index is 0. The Bertz CT molecular complexity index is 560. The second-order valence-electron chi connectivity index (χ2n) is 6.60. The maximum absolute atomic E-state index is 10.5. The third-order valence-electron chi connectivity index (χ3n) is 4.23. The van der Waals surface area contributed by atoms with Crippen molar-refractivity contribution in [2.24, 2.45) is 0 Å². The third kappa shape index (κ3) is 16.7. The molecule has 1 rings (SSSR count). The van der Waals surface area contributed by atoms with Crippen LogP contribution in [0.15, 0.2) is 24.3 Å². The van der Waals surface area contributed by atoms with E-state index in [2.05, 4.69) is 31.2 Å². The van der Waals surface area contributed by atoms with Crippen LogP contribution in [0.2, 0.25) is 0 Å². The van der Waals surface area contributed by atoms with Crippen molar-refractivity contribution in [2.45, 2.75) is 58.3 Å². The SMILES string of the molecule is CCCCCCCCc1ccc(CCOCCOCCS(=O)(=O)O)cc1.[NaH]. The maximum atomic E-state index is 10.5. The van der Waals surface area contributed by atoms with Crippen molar-refractivity contribution in [3.63, 3.8) is 0 Å². The molecule has 0 aromatic heterocycles. The summed E-state index contributed by atoms with van der Waals surface area (Å²) in [6.07, 6.45) is 9.96. The van der Waals surface area contributed by atoms with Gasteiger partial charge in [-0.2, -0.15) is 8.42 Å². The number of unbranched alkanes of at least 4 members (excludes halogenated alkanes) is 5. The molecule has 5 nitrogen and oxygen atoms in total. The number of benzene rings is 1. The molecule has 0 saturated heterocycles. The molecule has 152 valence electrons. The molecule has 0 atom stereocenters. The first-order valence-electron chi connectivity index (χ1n) is 9.69. The normalized spacial score (nSPS) is 11.3. The molecule has 0 bridgehead atoms. The predicted molar refractivity (Wildman–Crippen MR) is 112 cm³/mol. The average molecular weight is 411 g/mol. The van der Waals surface area contributed by atoms with Gasteiger partial charge in [-0.25, -0.2) is 0 Å². The van der Waals surface area contributed by atoms with Crippen LogP contribution in [-0.2, 0) is 32.4 Å². The Morgan fingerprint density at radius 1 is 0.778 bits per heavy atom. The van der Waals surface area contributed by atoms with E-state index in [1.807, 2.05) is 0 Å². The summed E-state index contributed by atoms with van der Waals surface area (Å²) >= 11 is 0. The van der Waals surface area contributed by atoms with E-state index in [1.54, 1.807) is 0 Å². The molecular formula is C20H35NaO5S. The van der Waals surface area contributed by atoms with Gasteiger partial charge in [0.2, 0.25) is 0 Å². The summed E-state index contributed by atoms with van der Waals surface area (Å²) < 4.78 is 40.1. The fourth-order valence-electron chi connectivity index (χ4n) is 2.66. The predicted octanol–water partition coefficient (Wildman–Crippen LogP) is 3.40. The second-order valence-corrected chi connectivity index (χ2v) is 8.17. The van der Waals surface area contributed by atoms with E-state index in [9.17, 15) is 8.42 Å². The van der Waals surface area contributed by atoms with Crippen molar-refractivity contribution in [1.82, 2.24) is 0 Å². The number of ether oxygens (including phenoxy) is 2. The van der Waals surface area contributed by atoms with E-state index >= 15 is 0 Å². The molecule has 1 aromatic rings. The first kappa shape index (κ1) is 27.0. The van der Waals surface area contributed by atoms with Gasteiger partial charge in [-0.15, -0.1) is 0 Å². The fraction of sp³-hybridized carbons (Fsp3) is 0.700. The van der Waals surface area contributed by atoms with Crippen LogP contribution in [0.3, 0.4) is 0 Å². The van der Waals surface area contributed by atoms with Crippen molar-refractivity contribution in [2.75, 3.05) is 32.2 Å². The zero-order valence-corrected chi connectivity index (χ0v) is 16.8. The zero-order valence-electron chi connectivity index (χ0n) is 16.0. The Morgan fingerprint density at radius 3 is 1.89 bits per heavy atom. The van der Waals surface area contributed by atoms with Gasteiger partial charge in [0.15, 0.2) is 0 Å². The molecule has 0 amide bonds. The van der Waals surface area contributed by atoms with Gasteiger partial charge in [0.25, 0.3) is 10.1 Å². The average Bonchev–Trinajstić information content (AvgIpc) is 2.60. The van der Waals surface area contributed by atoms with Gasteiger partial charge in [-0.3, -0.25) is 4.55 Å². The van der Waals surface area contributed by atoms with Crippen LogP contribution in [0, 0.1) is 0 Å². The van der Waals surface area contributed by atoms with Crippen molar-refractivity contribution in [3.05, 3.63) is 35.4 Å². The Hall–Kier alpha value is 0.0500. The number of rotatable bonds is 16. The minimum atomic E-state index is -3.94. The van der Waals surface area contributed by atoms with Gasteiger partial charge in [0, 0.05) is 0 Å². The topological polar surface area (TPSA) is 72.8 Å². The Labute approximate surface area is 187 Å². The Balaban J connectivity index is 0.00000676. The van der Waals surface area contributed by atoms with Gasteiger partial charge in [-0.05, 0) is 30.4 Å². The van der Waals surface area contributed by atoms with Crippen LogP contribution in [0.4, 0.5) is 0 Å². The molecule has 0 spiro atoms. The van der Waals surface area contributed by atoms with Crippen LogP contribution in [-0.4, -0.2) is 74.7 Å². The summed E-state index contributed by atoms with van der Waals surface area (Å²) in [6, 6.07) is 8.75. The summed E-state index contributed by atoms with van der Waals surface area (Å²) in [5.74, 6) is -0.377. The van der Waals surface area contributed by atoms with Crippen LogP contribution in [0.5, 0.6) is 0 Å². The molecule has 27 heavy (non-hydrogen) atoms. The number of hydrogen-bond donors (Lipinski definition) is 1. The molecule has 0 aliphatic carbocycles. The first-order valence-corrected chi connectivity index (χ1v) is 11.3. The Morgan fingerprint density at radius 2 is 1.30 bits per heavy atom. The van der Waals surface area contributed by atoms with Crippen LogP contribution >= 0.6 is 0 Å². The summed E-state index contributed by atoms with van der Waals surface area (Å²) in [5.41, 5.74) is 2.65. The summed E-state index contributed by atoms with van der Waals surface area (Å²) in [6.45, 7) is 3.59. The number of hydrogen-bond acceptors (Lipinski definition) is 4. The van der Waals surface area contributed by atoms with Crippen molar-refractivity contribution < 1.29 is 22.4 Å². The van der Waals surface area contributed by atoms with Crippen molar-refractivity contribution >= 4 is 39.7 Å². The molecule has 1 aromatic carbocycles. The quantitative estimate of drug-likeness (QED) is 0.257. The standard InChI is InChI=1S/C20H34O5S.Na.H/c1-2-3-4-5-6-7-8-19-9-11-20(12-10-19)13-14-24-15-16-25-17-18-26(21,22)23;;/h9-12H,2-8,13-18H2,1H3,(H,21,22,23);;. The summed E-state index contributed by atoms with van der Waals surface area (Å²) in [5, 5.41) is 0. The molecule has 0 aliphatic heterocycles. The third-order valence-corrected chi connectivity index (χ3v) is 4.92. The van der Waals surface area contributed by atoms with E-state index in [4.69, 9.17) is 14.0 Å². The molecule has 0 saturated carbocycles. The van der Waals surface area contributed by atoms with Gasteiger partial charge in [0.1, 0.15) is 0 Å². The van der Waals surface area contributed by atoms with Crippen molar-refractivity contribution in [1.29, 1.82) is 0 Å². The second kappa shape index (κ2) is 17.0. The molecule has 0 fully saturated rings. The molecule has 0 aliphatic rings. The molecule has 0 unspecified atom stereocenters. The van der Waals surface area contributed by atoms with Crippen LogP contribution in [0.1, 0.15) is 56.6 Å². The molecule has 0 heterocycles. The van der Waals surface area contributed by atoms with Gasteiger partial charge in [0.05, 0.1) is 32.2 Å². The van der Waals surface area contributed by atoms with E-state index < -0.39 is 10.1 Å². The first-order chi connectivity index (χ1) is 12.5. The monoisotopic (exact) mass is 410 g/mol.